The van der Waals surface area contributed by atoms with Gasteiger partial charge in [0.05, 0.1) is 22.7 Å². The molecule has 0 spiro atoms. The maximum absolute atomic E-state index is 12.7. The first-order chi connectivity index (χ1) is 12.7. The van der Waals surface area contributed by atoms with E-state index in [9.17, 15) is 14.7 Å². The van der Waals surface area contributed by atoms with E-state index in [-0.39, 0.29) is 24.3 Å². The molecule has 0 aliphatic heterocycles. The number of aliphatic hydroxyl groups is 1. The predicted molar refractivity (Wildman–Crippen MR) is 106 cm³/mol. The zero-order valence-corrected chi connectivity index (χ0v) is 16.5. The fourth-order valence-electron chi connectivity index (χ4n) is 2.79. The van der Waals surface area contributed by atoms with Crippen LogP contribution in [0.3, 0.4) is 0 Å². The second-order valence-electron chi connectivity index (χ2n) is 6.38. The molecule has 2 N–H and O–H groups in total. The van der Waals surface area contributed by atoms with Crippen molar-refractivity contribution in [2.75, 3.05) is 11.9 Å². The van der Waals surface area contributed by atoms with Crippen LogP contribution < -0.4 is 16.6 Å². The topological polar surface area (TPSA) is 94.1 Å². The summed E-state index contributed by atoms with van der Waals surface area (Å²) in [6, 6.07) is 5.18. The van der Waals surface area contributed by atoms with Gasteiger partial charge >= 0.3 is 5.69 Å². The molecule has 10 heteroatoms. The van der Waals surface area contributed by atoms with Gasteiger partial charge in [0.25, 0.3) is 5.56 Å². The lowest BCUT2D eigenvalue weighted by Crippen LogP contribution is -2.37. The highest BCUT2D eigenvalue weighted by Gasteiger charge is 2.19. The van der Waals surface area contributed by atoms with Crippen LogP contribution in [0.4, 0.5) is 5.95 Å². The molecule has 27 heavy (non-hydrogen) atoms. The number of anilines is 1. The normalized spacial score (nSPS) is 12.5. The quantitative estimate of drug-likeness (QED) is 0.664. The number of benzene rings is 1. The van der Waals surface area contributed by atoms with E-state index in [2.05, 4.69) is 10.3 Å². The van der Waals surface area contributed by atoms with Crippen LogP contribution in [0.1, 0.15) is 12.5 Å². The molecule has 2 heterocycles. The Hall–Kier alpha value is -2.29. The number of aryl methyl sites for hydroxylation is 1. The molecule has 1 atom stereocenters. The number of nitrogens with one attached hydrogen (secondary N) is 1. The summed E-state index contributed by atoms with van der Waals surface area (Å²) >= 11 is 12.1. The number of halogens is 2. The average Bonchev–Trinajstić information content (AvgIpc) is 2.98. The van der Waals surface area contributed by atoms with Gasteiger partial charge < -0.3 is 10.4 Å². The van der Waals surface area contributed by atoms with Gasteiger partial charge in [-0.3, -0.25) is 18.5 Å². The predicted octanol–water partition coefficient (Wildman–Crippen LogP) is 1.58. The second-order valence-corrected chi connectivity index (χ2v) is 7.19. The van der Waals surface area contributed by atoms with Crippen LogP contribution in [0, 0.1) is 0 Å². The standard InChI is InChI=1S/C17H19Cl2N5O3/c1-9(25)7-20-16-21-14-13(15(26)23(3)17(27)22(14)2)24(16)8-10-4-5-11(18)12(19)6-10/h4-6,9,25H,7-8H2,1-3H3,(H,20,21)/t9-/m1/s1. The first kappa shape index (κ1) is 19.5. The third-order valence-electron chi connectivity index (χ3n) is 4.23. The van der Waals surface area contributed by atoms with Gasteiger partial charge in [0.2, 0.25) is 5.95 Å². The van der Waals surface area contributed by atoms with Crippen molar-refractivity contribution in [1.82, 2.24) is 18.7 Å². The molecule has 0 aliphatic rings. The van der Waals surface area contributed by atoms with Crippen molar-refractivity contribution >= 4 is 40.3 Å². The van der Waals surface area contributed by atoms with E-state index in [1.807, 2.05) is 0 Å². The van der Waals surface area contributed by atoms with E-state index >= 15 is 0 Å². The second kappa shape index (κ2) is 7.38. The van der Waals surface area contributed by atoms with E-state index in [4.69, 9.17) is 23.2 Å². The lowest BCUT2D eigenvalue weighted by Gasteiger charge is -2.12. The summed E-state index contributed by atoms with van der Waals surface area (Å²) in [6.07, 6.45) is -0.616. The van der Waals surface area contributed by atoms with Crippen LogP contribution >= 0.6 is 23.2 Å². The van der Waals surface area contributed by atoms with Gasteiger partial charge in [0.15, 0.2) is 11.2 Å². The molecule has 0 bridgehead atoms. The number of rotatable bonds is 5. The van der Waals surface area contributed by atoms with Crippen LogP contribution in [-0.2, 0) is 20.6 Å². The van der Waals surface area contributed by atoms with Gasteiger partial charge in [-0.2, -0.15) is 4.98 Å². The zero-order valence-electron chi connectivity index (χ0n) is 15.0. The molecule has 0 saturated heterocycles. The van der Waals surface area contributed by atoms with Crippen molar-refractivity contribution in [3.05, 3.63) is 54.6 Å². The highest BCUT2D eigenvalue weighted by atomic mass is 35.5. The Morgan fingerprint density at radius 1 is 1.19 bits per heavy atom. The molecule has 1 aromatic carbocycles. The summed E-state index contributed by atoms with van der Waals surface area (Å²) in [5.74, 6) is 0.371. The summed E-state index contributed by atoms with van der Waals surface area (Å²) < 4.78 is 4.02. The fraction of sp³-hybridized carbons (Fsp3) is 0.353. The maximum Gasteiger partial charge on any atom is 0.332 e. The number of nitrogens with zero attached hydrogens (tertiary/aromatic N) is 4. The lowest BCUT2D eigenvalue weighted by molar-refractivity contribution is 0.208. The van der Waals surface area contributed by atoms with E-state index in [1.165, 1.54) is 11.6 Å². The van der Waals surface area contributed by atoms with Gasteiger partial charge in [-0.25, -0.2) is 4.79 Å². The molecular formula is C17H19Cl2N5O3. The monoisotopic (exact) mass is 411 g/mol. The first-order valence-corrected chi connectivity index (χ1v) is 8.98. The Morgan fingerprint density at radius 3 is 2.52 bits per heavy atom. The number of fused-ring (bicyclic) bond motifs is 1. The van der Waals surface area contributed by atoms with Crippen LogP contribution in [0.25, 0.3) is 11.2 Å². The van der Waals surface area contributed by atoms with Crippen molar-refractivity contribution in [2.45, 2.75) is 19.6 Å². The smallest absolute Gasteiger partial charge is 0.332 e. The summed E-state index contributed by atoms with van der Waals surface area (Å²) in [5.41, 5.74) is 0.425. The Balaban J connectivity index is 2.23. The third-order valence-corrected chi connectivity index (χ3v) is 4.97. The first-order valence-electron chi connectivity index (χ1n) is 8.22. The molecule has 0 saturated carbocycles. The number of hydrogen-bond donors (Lipinski definition) is 2. The van der Waals surface area contributed by atoms with E-state index in [0.29, 0.717) is 16.0 Å². The largest absolute Gasteiger partial charge is 0.392 e. The Labute approximate surface area is 164 Å². The van der Waals surface area contributed by atoms with Crippen LogP contribution in [0.2, 0.25) is 10.0 Å². The number of imidazole rings is 1. The van der Waals surface area contributed by atoms with E-state index in [0.717, 1.165) is 10.1 Å². The zero-order chi connectivity index (χ0) is 19.9. The molecular weight excluding hydrogens is 393 g/mol. The Kier molecular flexibility index (Phi) is 5.32. The van der Waals surface area contributed by atoms with Crippen LogP contribution in [0.5, 0.6) is 0 Å². The molecule has 0 fully saturated rings. The summed E-state index contributed by atoms with van der Waals surface area (Å²) in [7, 11) is 2.97. The van der Waals surface area contributed by atoms with Gasteiger partial charge in [-0.1, -0.05) is 29.3 Å². The van der Waals surface area contributed by atoms with Crippen molar-refractivity contribution in [3.8, 4) is 0 Å². The van der Waals surface area contributed by atoms with Gasteiger partial charge in [-0.15, -0.1) is 0 Å². The average molecular weight is 412 g/mol. The van der Waals surface area contributed by atoms with Crippen molar-refractivity contribution in [1.29, 1.82) is 0 Å². The Morgan fingerprint density at radius 2 is 1.89 bits per heavy atom. The summed E-state index contributed by atoms with van der Waals surface area (Å²) in [6.45, 7) is 2.15. The molecule has 3 aromatic rings. The van der Waals surface area contributed by atoms with Gasteiger partial charge in [0.1, 0.15) is 0 Å². The minimum Gasteiger partial charge on any atom is -0.392 e. The van der Waals surface area contributed by atoms with Crippen molar-refractivity contribution < 1.29 is 5.11 Å². The van der Waals surface area contributed by atoms with Crippen LogP contribution in [0.15, 0.2) is 27.8 Å². The number of hydrogen-bond acceptors (Lipinski definition) is 5. The summed E-state index contributed by atoms with van der Waals surface area (Å²) in [4.78, 5) is 29.4. The van der Waals surface area contributed by atoms with Gasteiger partial charge in [-0.05, 0) is 24.6 Å². The summed E-state index contributed by atoms with van der Waals surface area (Å²) in [5, 5.41) is 13.4. The van der Waals surface area contributed by atoms with Crippen molar-refractivity contribution in [3.63, 3.8) is 0 Å². The third kappa shape index (κ3) is 3.60. The molecule has 0 aliphatic carbocycles. The van der Waals surface area contributed by atoms with E-state index in [1.54, 1.807) is 36.7 Å². The van der Waals surface area contributed by atoms with Crippen molar-refractivity contribution in [2.24, 2.45) is 14.1 Å². The van der Waals surface area contributed by atoms with Gasteiger partial charge in [0, 0.05) is 20.6 Å². The molecule has 0 radical (unpaired) electrons. The molecule has 144 valence electrons. The van der Waals surface area contributed by atoms with E-state index < -0.39 is 17.4 Å². The SMILES string of the molecule is C[C@@H](O)CNc1nc2c(c(=O)n(C)c(=O)n2C)n1Cc1ccc(Cl)c(Cl)c1. The molecule has 2 aromatic heterocycles. The number of aromatic nitrogens is 4. The highest BCUT2D eigenvalue weighted by Crippen LogP contribution is 2.24. The highest BCUT2D eigenvalue weighted by molar-refractivity contribution is 6.42. The molecule has 8 nitrogen and oxygen atoms in total. The minimum absolute atomic E-state index is 0.235. The minimum atomic E-state index is -0.616. The fourth-order valence-corrected chi connectivity index (χ4v) is 3.12. The molecule has 0 unspecified atom stereocenters. The molecule has 0 amide bonds. The van der Waals surface area contributed by atoms with Crippen LogP contribution in [-0.4, -0.2) is 36.4 Å². The number of aliphatic hydroxyl groups excluding tert-OH is 1. The Bertz CT molecular complexity index is 1130. The maximum atomic E-state index is 12.7. The lowest BCUT2D eigenvalue weighted by atomic mass is 10.2. The molecule has 3 rings (SSSR count).